The fourth-order valence-corrected chi connectivity index (χ4v) is 7.86. The van der Waals surface area contributed by atoms with E-state index in [1.807, 2.05) is 53.7 Å². The molecule has 2 aromatic heterocycles. The Balaban J connectivity index is 0.000000262. The Morgan fingerprint density at radius 2 is 1.25 bits per heavy atom. The largest absolute Gasteiger partial charge is 0.444 e. The minimum absolute atomic E-state index is 0. The zero-order valence-electron chi connectivity index (χ0n) is 38.1. The number of fused-ring (bicyclic) bond motifs is 2. The molecule has 0 bridgehead atoms. The summed E-state index contributed by atoms with van der Waals surface area (Å²) in [5.41, 5.74) is 6.42. The van der Waals surface area contributed by atoms with Gasteiger partial charge in [0.2, 0.25) is 0 Å². The van der Waals surface area contributed by atoms with Crippen molar-refractivity contribution < 1.29 is 28.5 Å². The van der Waals surface area contributed by atoms with Crippen LogP contribution < -0.4 is 0 Å². The van der Waals surface area contributed by atoms with Crippen LogP contribution >= 0.6 is 11.6 Å². The van der Waals surface area contributed by atoms with Crippen molar-refractivity contribution in [2.45, 2.75) is 177 Å². The van der Waals surface area contributed by atoms with Crippen LogP contribution in [0.4, 0.5) is 9.59 Å². The number of halogens is 1. The zero-order chi connectivity index (χ0) is 43.4. The van der Waals surface area contributed by atoms with Crippen molar-refractivity contribution in [3.8, 4) is 0 Å². The Morgan fingerprint density at radius 3 is 1.75 bits per heavy atom. The molecular weight excluding hydrogens is 776 g/mol. The third-order valence-corrected chi connectivity index (χ3v) is 11.3. The molecule has 0 unspecified atom stereocenters. The number of rotatable bonds is 10. The highest BCUT2D eigenvalue weighted by molar-refractivity contribution is 6.29. The van der Waals surface area contributed by atoms with E-state index in [-0.39, 0.29) is 31.8 Å². The Hall–Kier alpha value is -3.21. The number of ether oxygens (including phenoxy) is 4. The molecular formula is C49H79ClN4O6. The molecule has 0 N–H and O–H groups in total. The van der Waals surface area contributed by atoms with Crippen LogP contribution in [-0.2, 0) is 51.1 Å². The van der Waals surface area contributed by atoms with Crippen LogP contribution in [0.5, 0.6) is 0 Å². The average molecular weight is 856 g/mol. The Bertz CT molecular complexity index is 1680. The Kier molecular flexibility index (Phi) is 19.4. The maximum Gasteiger partial charge on any atom is 0.410 e. The van der Waals surface area contributed by atoms with Crippen LogP contribution in [0, 0.1) is 10.8 Å². The van der Waals surface area contributed by atoms with Crippen molar-refractivity contribution in [2.75, 3.05) is 39.4 Å². The fraction of sp³-hybridized carbons (Fsp3) is 0.714. The van der Waals surface area contributed by atoms with Gasteiger partial charge in [-0.05, 0) is 153 Å². The van der Waals surface area contributed by atoms with Crippen molar-refractivity contribution in [1.82, 2.24) is 19.8 Å². The van der Waals surface area contributed by atoms with E-state index in [4.69, 9.17) is 35.5 Å². The van der Waals surface area contributed by atoms with Gasteiger partial charge in [-0.1, -0.05) is 64.9 Å². The number of aryl methyl sites for hydroxylation is 3. The number of carbonyl (C=O) groups is 2. The Labute approximate surface area is 368 Å². The molecule has 4 heterocycles. The van der Waals surface area contributed by atoms with Crippen LogP contribution in [-0.4, -0.2) is 94.8 Å². The Morgan fingerprint density at radius 1 is 0.767 bits per heavy atom. The van der Waals surface area contributed by atoms with Crippen LogP contribution in [0.1, 0.15) is 150 Å². The molecule has 2 aliphatic heterocycles. The van der Waals surface area contributed by atoms with Gasteiger partial charge in [0.1, 0.15) is 16.4 Å². The van der Waals surface area contributed by atoms with Gasteiger partial charge in [-0.15, -0.1) is 6.58 Å². The fourth-order valence-electron chi connectivity index (χ4n) is 7.70. The summed E-state index contributed by atoms with van der Waals surface area (Å²) in [6.45, 7) is 28.3. The highest BCUT2D eigenvalue weighted by atomic mass is 35.5. The van der Waals surface area contributed by atoms with Gasteiger partial charge in [0.15, 0.2) is 0 Å². The van der Waals surface area contributed by atoms with E-state index < -0.39 is 11.2 Å². The molecule has 2 saturated heterocycles. The second-order valence-corrected chi connectivity index (χ2v) is 20.7. The molecule has 2 aromatic rings. The lowest BCUT2D eigenvalue weighted by molar-refractivity contribution is 0.0203. The molecule has 338 valence electrons. The number of hydrogen-bond donors (Lipinski definition) is 0. The van der Waals surface area contributed by atoms with Gasteiger partial charge in [0.05, 0.1) is 31.9 Å². The van der Waals surface area contributed by atoms with Crippen LogP contribution in [0.2, 0.25) is 5.15 Å². The van der Waals surface area contributed by atoms with Gasteiger partial charge in [0, 0.05) is 36.8 Å². The summed E-state index contributed by atoms with van der Waals surface area (Å²) in [5.74, 6) is 0. The highest BCUT2D eigenvalue weighted by Crippen LogP contribution is 2.35. The predicted octanol–water partition coefficient (Wildman–Crippen LogP) is 11.4. The van der Waals surface area contributed by atoms with E-state index in [9.17, 15) is 9.59 Å². The average Bonchev–Trinajstić information content (AvgIpc) is 3.80. The first kappa shape index (κ1) is 51.1. The number of carbonyl (C=O) groups excluding carboxylic acids is 2. The topological polar surface area (TPSA) is 103 Å². The monoisotopic (exact) mass is 855 g/mol. The lowest BCUT2D eigenvalue weighted by atomic mass is 9.76. The maximum absolute atomic E-state index is 12.1. The van der Waals surface area contributed by atoms with Crippen LogP contribution in [0.15, 0.2) is 36.9 Å². The zero-order valence-corrected chi connectivity index (χ0v) is 38.8. The quantitative estimate of drug-likeness (QED) is 0.132. The minimum atomic E-state index is -0.448. The van der Waals surface area contributed by atoms with Gasteiger partial charge in [-0.2, -0.15) is 0 Å². The number of nitrogens with zero attached hydrogens (tertiary/aromatic N) is 4. The molecule has 2 aliphatic carbocycles. The summed E-state index contributed by atoms with van der Waals surface area (Å²) < 4.78 is 22.4. The van der Waals surface area contributed by atoms with Crippen LogP contribution in [0.3, 0.4) is 0 Å². The first-order chi connectivity index (χ1) is 27.6. The molecule has 2 amide bonds. The molecule has 0 saturated carbocycles. The maximum atomic E-state index is 12.1. The van der Waals surface area contributed by atoms with Crippen molar-refractivity contribution in [3.63, 3.8) is 0 Å². The normalized spacial score (nSPS) is 20.2. The summed E-state index contributed by atoms with van der Waals surface area (Å²) in [5, 5.41) is 0.622. The molecule has 0 radical (unpaired) electrons. The second kappa shape index (κ2) is 22.8. The number of unbranched alkanes of at least 4 members (excludes halogenated alkanes) is 1. The molecule has 4 aliphatic rings. The number of aromatic nitrogens is 2. The van der Waals surface area contributed by atoms with E-state index >= 15 is 0 Å². The third-order valence-electron chi connectivity index (χ3n) is 11.0. The summed E-state index contributed by atoms with van der Waals surface area (Å²) >= 11 is 5.86. The van der Waals surface area contributed by atoms with Gasteiger partial charge >= 0.3 is 12.2 Å². The molecule has 0 aromatic carbocycles. The van der Waals surface area contributed by atoms with Crippen molar-refractivity contribution in [1.29, 1.82) is 0 Å². The van der Waals surface area contributed by atoms with Gasteiger partial charge in [0.25, 0.3) is 0 Å². The summed E-state index contributed by atoms with van der Waals surface area (Å²) in [7, 11) is 0. The molecule has 10 nitrogen and oxygen atoms in total. The van der Waals surface area contributed by atoms with Gasteiger partial charge < -0.3 is 28.7 Å². The highest BCUT2D eigenvalue weighted by Gasteiger charge is 2.32. The van der Waals surface area contributed by atoms with E-state index in [0.717, 1.165) is 77.4 Å². The standard InChI is InChI=1S/C24H38N2O3.C13H23NO3.C11H14ClN.CH4/c1-23(2,3)29-22(27)26-14-12-20(17-26)28-15-7-6-8-19-10-9-18-11-13-24(4,5)16-21(18)25-19;1-5-6-9-16-11-7-8-14(10-11)12(15)17-13(2,3)4;1-11(2)6-5-8-3-4-10(12)13-9(8)7-11;/h9-10,20H,6-8,11-17H2,1-5H3;5,11H,1,6-10H2,2-4H3;3-4H,5-7H2,1-2H3;1H4/t20-;11-;;/m11../s1. The lowest BCUT2D eigenvalue weighted by Gasteiger charge is -2.30. The molecule has 11 heteroatoms. The smallest absolute Gasteiger partial charge is 0.410 e. The number of likely N-dealkylation sites (tertiary alicyclic amines) is 2. The summed E-state index contributed by atoms with van der Waals surface area (Å²) in [6.07, 6.45) is 14.3. The molecule has 2 fully saturated rings. The predicted molar refractivity (Wildman–Crippen MR) is 244 cm³/mol. The first-order valence-corrected chi connectivity index (χ1v) is 22.4. The number of hydrogen-bond acceptors (Lipinski definition) is 8. The third kappa shape index (κ3) is 18.0. The van der Waals surface area contributed by atoms with Gasteiger partial charge in [-0.25, -0.2) is 14.6 Å². The molecule has 6 rings (SSSR count). The number of pyridine rings is 2. The summed E-state index contributed by atoms with van der Waals surface area (Å²) in [4.78, 5) is 36.7. The van der Waals surface area contributed by atoms with E-state index in [1.54, 1.807) is 9.80 Å². The van der Waals surface area contributed by atoms with Crippen molar-refractivity contribution in [2.24, 2.45) is 10.8 Å². The SMILES string of the molecule is C.C=CCCO[C@@H]1CCN(C(=O)OC(C)(C)C)C1.CC1(C)CCc2ccc(CCCCO[C@@H]3CCN(C(=O)OC(C)(C)C)C3)nc2C1.CC1(C)CCc2ccc(Cl)nc2C1. The molecule has 2 atom stereocenters. The lowest BCUT2D eigenvalue weighted by Crippen LogP contribution is -2.36. The van der Waals surface area contributed by atoms with E-state index in [1.165, 1.54) is 41.1 Å². The van der Waals surface area contributed by atoms with Crippen LogP contribution in [0.25, 0.3) is 0 Å². The summed E-state index contributed by atoms with van der Waals surface area (Å²) in [6, 6.07) is 8.49. The van der Waals surface area contributed by atoms with Crippen molar-refractivity contribution >= 4 is 23.8 Å². The van der Waals surface area contributed by atoms with Gasteiger partial charge in [-0.3, -0.25) is 4.98 Å². The van der Waals surface area contributed by atoms with Crippen molar-refractivity contribution in [3.05, 3.63) is 70.3 Å². The minimum Gasteiger partial charge on any atom is -0.444 e. The number of amides is 2. The molecule has 60 heavy (non-hydrogen) atoms. The van der Waals surface area contributed by atoms with E-state index in [0.29, 0.717) is 42.2 Å². The second-order valence-electron chi connectivity index (χ2n) is 20.3. The molecule has 0 spiro atoms. The first-order valence-electron chi connectivity index (χ1n) is 22.0. The van der Waals surface area contributed by atoms with E-state index in [2.05, 4.69) is 57.5 Å².